The van der Waals surface area contributed by atoms with Gasteiger partial charge in [0.25, 0.3) is 0 Å². The molecule has 0 saturated heterocycles. The van der Waals surface area contributed by atoms with Crippen molar-refractivity contribution < 1.29 is 27.6 Å². The Morgan fingerprint density at radius 3 is 2.17 bits per heavy atom. The van der Waals surface area contributed by atoms with Gasteiger partial charge in [-0.1, -0.05) is 19.0 Å². The van der Waals surface area contributed by atoms with Crippen LogP contribution in [0.25, 0.3) is 0 Å². The number of nitrogens with zero attached hydrogens (tertiary/aromatic N) is 1. The zero-order valence-electron chi connectivity index (χ0n) is 13.6. The Morgan fingerprint density at radius 1 is 1.22 bits per heavy atom. The van der Waals surface area contributed by atoms with Crippen molar-refractivity contribution in [2.45, 2.75) is 51.6 Å². The molecule has 1 rings (SSSR count). The van der Waals surface area contributed by atoms with E-state index in [0.717, 1.165) is 0 Å². The second-order valence-electron chi connectivity index (χ2n) is 5.56. The normalized spacial score (nSPS) is 14.5. The van der Waals surface area contributed by atoms with E-state index >= 15 is 0 Å². The van der Waals surface area contributed by atoms with Crippen LogP contribution in [-0.2, 0) is 19.6 Å². The largest absolute Gasteiger partial charge is 0.480 e. The molecule has 10 heteroatoms. The van der Waals surface area contributed by atoms with Crippen LogP contribution in [0.4, 0.5) is 0 Å². The zero-order chi connectivity index (χ0) is 17.9. The summed E-state index contributed by atoms with van der Waals surface area (Å²) >= 11 is 0. The van der Waals surface area contributed by atoms with E-state index in [-0.39, 0.29) is 22.3 Å². The maximum absolute atomic E-state index is 12.3. The Bertz CT molecular complexity index is 675. The molecule has 1 amide bonds. The average molecular weight is 347 g/mol. The molecule has 0 fully saturated rings. The minimum absolute atomic E-state index is 0.105. The first-order valence-corrected chi connectivity index (χ1v) is 8.44. The van der Waals surface area contributed by atoms with Gasteiger partial charge in [-0.05, 0) is 26.7 Å². The topological polar surface area (TPSA) is 139 Å². The molecule has 0 aliphatic carbocycles. The minimum atomic E-state index is -4.01. The van der Waals surface area contributed by atoms with Gasteiger partial charge in [0, 0.05) is 0 Å². The Balaban J connectivity index is 2.88. The first-order chi connectivity index (χ1) is 10.5. The van der Waals surface area contributed by atoms with E-state index in [1.165, 1.54) is 20.8 Å². The van der Waals surface area contributed by atoms with Crippen molar-refractivity contribution in [3.63, 3.8) is 0 Å². The number of carbonyl (C=O) groups excluding carboxylic acids is 1. The van der Waals surface area contributed by atoms with Gasteiger partial charge in [0.05, 0.1) is 6.04 Å². The fourth-order valence-corrected chi connectivity index (χ4v) is 3.53. The molecule has 9 nitrogen and oxygen atoms in total. The van der Waals surface area contributed by atoms with Crippen LogP contribution < -0.4 is 10.0 Å². The number of amides is 1. The second-order valence-corrected chi connectivity index (χ2v) is 7.22. The third kappa shape index (κ3) is 4.52. The van der Waals surface area contributed by atoms with Crippen molar-refractivity contribution in [3.05, 3.63) is 11.5 Å². The Hall–Kier alpha value is -1.94. The molecule has 1 aromatic heterocycles. The SMILES string of the molecule is Cc1noc(C)c1S(=O)(=O)NC(C)C(=O)NC(C(=O)O)C(C)C. The highest BCUT2D eigenvalue weighted by atomic mass is 32.2. The van der Waals surface area contributed by atoms with Crippen molar-refractivity contribution in [2.75, 3.05) is 0 Å². The predicted molar refractivity (Wildman–Crippen MR) is 80.2 cm³/mol. The number of hydrogen-bond acceptors (Lipinski definition) is 6. The third-order valence-electron chi connectivity index (χ3n) is 3.19. The summed E-state index contributed by atoms with van der Waals surface area (Å²) in [7, 11) is -4.01. The van der Waals surface area contributed by atoms with Crippen molar-refractivity contribution >= 4 is 21.9 Å². The molecule has 1 heterocycles. The number of carboxylic acid groups (broad SMARTS) is 1. The summed E-state index contributed by atoms with van der Waals surface area (Å²) in [5.41, 5.74) is 0.174. The van der Waals surface area contributed by atoms with Crippen LogP contribution in [0.1, 0.15) is 32.2 Å². The molecule has 2 atom stereocenters. The molecule has 1 aromatic rings. The summed E-state index contributed by atoms with van der Waals surface area (Å²) in [5.74, 6) is -2.16. The quantitative estimate of drug-likeness (QED) is 0.639. The lowest BCUT2D eigenvalue weighted by Crippen LogP contribution is -2.52. The van der Waals surface area contributed by atoms with Crippen LogP contribution in [-0.4, -0.2) is 42.6 Å². The molecule has 0 bridgehead atoms. The number of carboxylic acids is 1. The number of rotatable bonds is 7. The van der Waals surface area contributed by atoms with Gasteiger partial charge in [0.2, 0.25) is 15.9 Å². The Morgan fingerprint density at radius 2 is 1.78 bits per heavy atom. The Kier molecular flexibility index (Phi) is 5.89. The molecule has 0 spiro atoms. The highest BCUT2D eigenvalue weighted by Crippen LogP contribution is 2.18. The number of sulfonamides is 1. The summed E-state index contributed by atoms with van der Waals surface area (Å²) in [6.45, 7) is 7.51. The number of hydrogen-bond donors (Lipinski definition) is 3. The maximum Gasteiger partial charge on any atom is 0.326 e. The van der Waals surface area contributed by atoms with Crippen molar-refractivity contribution in [3.8, 4) is 0 Å². The lowest BCUT2D eigenvalue weighted by atomic mass is 10.0. The highest BCUT2D eigenvalue weighted by Gasteiger charge is 2.30. The molecule has 0 radical (unpaired) electrons. The summed E-state index contributed by atoms with van der Waals surface area (Å²) in [6, 6.07) is -2.26. The smallest absolute Gasteiger partial charge is 0.326 e. The minimum Gasteiger partial charge on any atom is -0.480 e. The van der Waals surface area contributed by atoms with E-state index in [2.05, 4.69) is 15.2 Å². The molecule has 0 aliphatic heterocycles. The predicted octanol–water partition coefficient (Wildman–Crippen LogP) is 0.184. The standard InChI is InChI=1S/C13H21N3O6S/c1-6(2)10(13(18)19)14-12(17)8(4)16-23(20,21)11-7(3)15-22-9(11)5/h6,8,10,16H,1-5H3,(H,14,17)(H,18,19). The third-order valence-corrected chi connectivity index (χ3v) is 4.98. The summed E-state index contributed by atoms with van der Waals surface area (Å²) in [5, 5.41) is 14.9. The molecular weight excluding hydrogens is 326 g/mol. The molecule has 0 aromatic carbocycles. The fraction of sp³-hybridized carbons (Fsp3) is 0.615. The van der Waals surface area contributed by atoms with E-state index in [0.29, 0.717) is 0 Å². The Labute approximate surface area is 134 Å². The molecule has 130 valence electrons. The van der Waals surface area contributed by atoms with E-state index in [4.69, 9.17) is 9.63 Å². The van der Waals surface area contributed by atoms with Crippen LogP contribution in [0.15, 0.2) is 9.42 Å². The summed E-state index contributed by atoms with van der Waals surface area (Å²) in [4.78, 5) is 23.0. The van der Waals surface area contributed by atoms with Crippen molar-refractivity contribution in [1.29, 1.82) is 0 Å². The monoisotopic (exact) mass is 347 g/mol. The lowest BCUT2D eigenvalue weighted by Gasteiger charge is -2.21. The van der Waals surface area contributed by atoms with E-state index < -0.39 is 34.0 Å². The lowest BCUT2D eigenvalue weighted by molar-refractivity contribution is -0.143. The van der Waals surface area contributed by atoms with Crippen LogP contribution >= 0.6 is 0 Å². The maximum atomic E-state index is 12.3. The molecule has 23 heavy (non-hydrogen) atoms. The van der Waals surface area contributed by atoms with Gasteiger partial charge in [-0.2, -0.15) is 4.72 Å². The molecule has 3 N–H and O–H groups in total. The molecule has 0 saturated carbocycles. The number of aromatic nitrogens is 1. The molecule has 0 aliphatic rings. The highest BCUT2D eigenvalue weighted by molar-refractivity contribution is 7.89. The van der Waals surface area contributed by atoms with Crippen LogP contribution in [0, 0.1) is 19.8 Å². The first-order valence-electron chi connectivity index (χ1n) is 6.95. The van der Waals surface area contributed by atoms with Gasteiger partial charge >= 0.3 is 5.97 Å². The fourth-order valence-electron chi connectivity index (χ4n) is 2.00. The summed E-state index contributed by atoms with van der Waals surface area (Å²) < 4.78 is 31.6. The molecule has 2 unspecified atom stereocenters. The second kappa shape index (κ2) is 7.09. The number of carbonyl (C=O) groups is 2. The summed E-state index contributed by atoms with van der Waals surface area (Å²) in [6.07, 6.45) is 0. The van der Waals surface area contributed by atoms with Gasteiger partial charge in [-0.3, -0.25) is 4.79 Å². The zero-order valence-corrected chi connectivity index (χ0v) is 14.4. The number of aliphatic carboxylic acids is 1. The van der Waals surface area contributed by atoms with E-state index in [1.54, 1.807) is 13.8 Å². The van der Waals surface area contributed by atoms with Gasteiger partial charge in [-0.25, -0.2) is 13.2 Å². The first kappa shape index (κ1) is 19.1. The van der Waals surface area contributed by atoms with Crippen molar-refractivity contribution in [2.24, 2.45) is 5.92 Å². The van der Waals surface area contributed by atoms with E-state index in [9.17, 15) is 18.0 Å². The van der Waals surface area contributed by atoms with Crippen molar-refractivity contribution in [1.82, 2.24) is 15.2 Å². The van der Waals surface area contributed by atoms with Gasteiger partial charge < -0.3 is 14.9 Å². The van der Waals surface area contributed by atoms with Gasteiger partial charge in [0.15, 0.2) is 5.76 Å². The van der Waals surface area contributed by atoms with Crippen LogP contribution in [0.5, 0.6) is 0 Å². The van der Waals surface area contributed by atoms with E-state index in [1.807, 2.05) is 0 Å². The van der Waals surface area contributed by atoms with Gasteiger partial charge in [-0.15, -0.1) is 0 Å². The van der Waals surface area contributed by atoms with Gasteiger partial charge in [0.1, 0.15) is 16.6 Å². The van der Waals surface area contributed by atoms with Crippen LogP contribution in [0.2, 0.25) is 0 Å². The number of aryl methyl sites for hydroxylation is 2. The average Bonchev–Trinajstić information content (AvgIpc) is 2.74. The molecular formula is C13H21N3O6S. The van der Waals surface area contributed by atoms with Crippen LogP contribution in [0.3, 0.4) is 0 Å². The number of nitrogens with one attached hydrogen (secondary N) is 2.